The van der Waals surface area contributed by atoms with E-state index in [1.54, 1.807) is 0 Å². The average molecular weight is 840 g/mol. The molecule has 306 valence electrons. The summed E-state index contributed by atoms with van der Waals surface area (Å²) >= 11 is 1.84. The van der Waals surface area contributed by atoms with E-state index in [-0.39, 0.29) is 68.0 Å². The summed E-state index contributed by atoms with van der Waals surface area (Å²) in [5, 5.41) is 18.8. The number of unbranched alkanes of at least 4 members (excludes halogenated alkanes) is 4. The van der Waals surface area contributed by atoms with E-state index in [4.69, 9.17) is 5.53 Å². The average Bonchev–Trinajstić information content (AvgIpc) is 3.68. The lowest BCUT2D eigenvalue weighted by Crippen LogP contribution is -2.47. The highest BCUT2D eigenvalue weighted by Crippen LogP contribution is 2.33. The Labute approximate surface area is 323 Å². The number of rotatable bonds is 24. The second-order valence-electron chi connectivity index (χ2n) is 12.9. The second kappa shape index (κ2) is 22.6. The fourth-order valence-corrected chi connectivity index (χ4v) is 9.10. The van der Waals surface area contributed by atoms with Gasteiger partial charge in [-0.2, -0.15) is 11.8 Å². The van der Waals surface area contributed by atoms with Gasteiger partial charge in [-0.15, -0.1) is 0 Å². The molecule has 0 radical (unpaired) electrons. The first-order chi connectivity index (χ1) is 26.1. The summed E-state index contributed by atoms with van der Waals surface area (Å²) < 4.78 is 80.4. The smallest absolute Gasteiger partial charge is 0.315 e. The molecule has 23 heteroatoms. The number of nitrogens with one attached hydrogen (secondary N) is 6. The summed E-state index contributed by atoms with van der Waals surface area (Å²) in [5.41, 5.74) is 5.12. The normalized spacial score (nSPS) is 18.0. The lowest BCUT2D eigenvalue weighted by molar-refractivity contribution is -0.123. The number of amides is 6. The van der Waals surface area contributed by atoms with Gasteiger partial charge in [0, 0.05) is 60.4 Å². The van der Waals surface area contributed by atoms with Gasteiger partial charge in [0.15, 0.2) is 32.1 Å². The Balaban J connectivity index is 1.34. The molecule has 4 unspecified atom stereocenters. The van der Waals surface area contributed by atoms with E-state index in [0.29, 0.717) is 54.7 Å². The number of halogens is 4. The fourth-order valence-electron chi connectivity index (χ4n) is 5.91. The van der Waals surface area contributed by atoms with Crippen LogP contribution < -0.4 is 31.9 Å². The Kier molecular flexibility index (Phi) is 18.6. The predicted octanol–water partition coefficient (Wildman–Crippen LogP) is 3.78. The molecular formula is C32H45F4N9O7S3. The summed E-state index contributed by atoms with van der Waals surface area (Å²) in [5.74, 6) is -10.5. The molecule has 0 aromatic heterocycles. The van der Waals surface area contributed by atoms with Crippen LogP contribution in [0.4, 0.5) is 28.0 Å². The number of nitrogens with zero attached hydrogens (tertiary/aromatic N) is 3. The van der Waals surface area contributed by atoms with Crippen LogP contribution in [0, 0.1) is 23.3 Å². The molecule has 4 atom stereocenters. The van der Waals surface area contributed by atoms with E-state index in [1.807, 2.05) is 17.1 Å². The van der Waals surface area contributed by atoms with Gasteiger partial charge in [-0.3, -0.25) is 19.2 Å². The topological polar surface area (TPSA) is 240 Å². The Morgan fingerprint density at radius 3 is 2.13 bits per heavy atom. The molecule has 2 aliphatic heterocycles. The van der Waals surface area contributed by atoms with Gasteiger partial charge < -0.3 is 31.9 Å². The highest BCUT2D eigenvalue weighted by Gasteiger charge is 2.42. The van der Waals surface area contributed by atoms with Crippen molar-refractivity contribution in [2.75, 3.05) is 37.4 Å². The number of carbonyl (C=O) groups is 5. The van der Waals surface area contributed by atoms with Crippen LogP contribution in [0.15, 0.2) is 5.11 Å². The molecule has 2 fully saturated rings. The minimum absolute atomic E-state index is 0.0289. The number of carbonyl (C=O) groups excluding carboxylic acids is 5. The standard InChI is InChI=1S/C32H45F4N9O7S3/c1-55(51,52)54-16-15-40-30(48)18(41-31(49)23-24(33)26(35)29(44-45-37)27(36)25(23)34)9-6-8-14-39-21(46)11-3-2-7-13-38-22(47)12-5-4-10-20-28-19(17-53-20)42-32(50)43-28/h18-20,28H,2-17H2,1H3,(H,38,47)(H,39,46)(H,40,48)(H,41,49)(H2,42,43,50). The van der Waals surface area contributed by atoms with Crippen molar-refractivity contribution in [2.24, 2.45) is 5.11 Å². The molecule has 0 aliphatic carbocycles. The first kappa shape index (κ1) is 45.4. The van der Waals surface area contributed by atoms with E-state index in [0.717, 1.165) is 31.3 Å². The third-order valence-electron chi connectivity index (χ3n) is 8.66. The lowest BCUT2D eigenvalue weighted by Gasteiger charge is -2.19. The molecule has 2 aliphatic rings. The van der Waals surface area contributed by atoms with Gasteiger partial charge in [0.1, 0.15) is 17.3 Å². The van der Waals surface area contributed by atoms with Crippen LogP contribution >= 0.6 is 22.6 Å². The Bertz CT molecular complexity index is 1690. The van der Waals surface area contributed by atoms with E-state index in [2.05, 4.69) is 36.6 Å². The van der Waals surface area contributed by atoms with Crippen molar-refractivity contribution < 1.29 is 50.0 Å². The number of thioether (sulfide) groups is 1. The van der Waals surface area contributed by atoms with Crippen molar-refractivity contribution in [3.8, 4) is 0 Å². The summed E-state index contributed by atoms with van der Waals surface area (Å²) in [7, 11) is -2.88. The van der Waals surface area contributed by atoms with Crippen LogP contribution in [0.1, 0.15) is 81.0 Å². The summed E-state index contributed by atoms with van der Waals surface area (Å²) in [4.78, 5) is 63.6. The fraction of sp³-hybridized carbons (Fsp3) is 0.656. The highest BCUT2D eigenvalue weighted by atomic mass is 33.1. The van der Waals surface area contributed by atoms with Gasteiger partial charge in [-0.05, 0) is 61.3 Å². The molecule has 55 heavy (non-hydrogen) atoms. The molecule has 2 heterocycles. The van der Waals surface area contributed by atoms with Crippen LogP contribution in [0.25, 0.3) is 10.4 Å². The first-order valence-corrected chi connectivity index (χ1v) is 22.1. The van der Waals surface area contributed by atoms with Crippen molar-refractivity contribution in [1.29, 1.82) is 0 Å². The third-order valence-corrected chi connectivity index (χ3v) is 12.7. The summed E-state index contributed by atoms with van der Waals surface area (Å²) in [6.45, 7) is 0.516. The number of fused-ring (bicyclic) bond motifs is 1. The van der Waals surface area contributed by atoms with E-state index in [9.17, 15) is 50.0 Å². The zero-order valence-electron chi connectivity index (χ0n) is 30.1. The number of azide groups is 1. The van der Waals surface area contributed by atoms with Crippen molar-refractivity contribution >= 4 is 66.8 Å². The molecule has 1 aromatic carbocycles. The maximum Gasteiger partial charge on any atom is 0.315 e. The molecule has 6 N–H and O–H groups in total. The number of hydrogen-bond acceptors (Lipinski definition) is 10. The zero-order chi connectivity index (χ0) is 40.5. The number of benzene rings is 1. The molecule has 16 nitrogen and oxygen atoms in total. The zero-order valence-corrected chi connectivity index (χ0v) is 32.5. The molecule has 0 saturated carbocycles. The van der Waals surface area contributed by atoms with Gasteiger partial charge >= 0.3 is 6.03 Å². The predicted molar refractivity (Wildman–Crippen MR) is 199 cm³/mol. The Morgan fingerprint density at radius 2 is 1.51 bits per heavy atom. The SMILES string of the molecule is CS(=O)(=O)SCCNC(=O)C(CCCCNC(=O)CCCCCNC(=O)CCCCC1SCC2NC(=O)NC21)NC(=O)c1c(F)c(F)c(N=[N+]=[N-])c(F)c1F. The second-order valence-corrected chi connectivity index (χ2v) is 18.7. The van der Waals surface area contributed by atoms with Crippen molar-refractivity contribution in [3.05, 3.63) is 39.3 Å². The van der Waals surface area contributed by atoms with Gasteiger partial charge in [0.2, 0.25) is 17.7 Å². The van der Waals surface area contributed by atoms with Gasteiger partial charge in [0.25, 0.3) is 5.91 Å². The van der Waals surface area contributed by atoms with E-state index < -0.39 is 61.2 Å². The molecule has 0 spiro atoms. The summed E-state index contributed by atoms with van der Waals surface area (Å²) in [6.07, 6.45) is 6.55. The number of hydrogen-bond donors (Lipinski definition) is 6. The minimum Gasteiger partial charge on any atom is -0.356 e. The molecule has 2 saturated heterocycles. The van der Waals surface area contributed by atoms with Crippen LogP contribution in [0.2, 0.25) is 0 Å². The van der Waals surface area contributed by atoms with Gasteiger partial charge in [0.05, 0.1) is 12.1 Å². The third kappa shape index (κ3) is 14.9. The van der Waals surface area contributed by atoms with Crippen molar-refractivity contribution in [3.63, 3.8) is 0 Å². The Hall–Kier alpha value is -3.95. The van der Waals surface area contributed by atoms with E-state index >= 15 is 0 Å². The van der Waals surface area contributed by atoms with Crippen LogP contribution in [0.3, 0.4) is 0 Å². The minimum atomic E-state index is -3.42. The monoisotopic (exact) mass is 839 g/mol. The van der Waals surface area contributed by atoms with Crippen LogP contribution in [0.5, 0.6) is 0 Å². The largest absolute Gasteiger partial charge is 0.356 e. The molecule has 0 bridgehead atoms. The van der Waals surface area contributed by atoms with Gasteiger partial charge in [-0.25, -0.2) is 30.8 Å². The molecule has 6 amide bonds. The van der Waals surface area contributed by atoms with Crippen LogP contribution in [-0.4, -0.2) is 98.8 Å². The van der Waals surface area contributed by atoms with E-state index in [1.165, 1.54) is 0 Å². The van der Waals surface area contributed by atoms with Gasteiger partial charge in [-0.1, -0.05) is 18.0 Å². The maximum absolute atomic E-state index is 14.6. The summed E-state index contributed by atoms with van der Waals surface area (Å²) in [6, 6.07) is -1.26. The van der Waals surface area contributed by atoms with Crippen molar-refractivity contribution in [2.45, 2.75) is 94.0 Å². The quantitative estimate of drug-likeness (QED) is 0.0130. The molecular weight excluding hydrogens is 795 g/mol. The maximum atomic E-state index is 14.6. The first-order valence-electron chi connectivity index (χ1n) is 17.7. The molecule has 3 rings (SSSR count). The van der Waals surface area contributed by atoms with Crippen molar-refractivity contribution in [1.82, 2.24) is 31.9 Å². The highest BCUT2D eigenvalue weighted by molar-refractivity contribution is 8.71. The van der Waals surface area contributed by atoms with Crippen LogP contribution in [-0.2, 0) is 23.3 Å². The number of urea groups is 1. The molecule has 1 aromatic rings. The lowest BCUT2D eigenvalue weighted by atomic mass is 10.0. The Morgan fingerprint density at radius 1 is 0.891 bits per heavy atom.